The molecule has 19 heavy (non-hydrogen) atoms. The van der Waals surface area contributed by atoms with Crippen molar-refractivity contribution in [2.45, 2.75) is 37.5 Å². The summed E-state index contributed by atoms with van der Waals surface area (Å²) in [5, 5.41) is 3.05. The molecule has 0 spiro atoms. The highest BCUT2D eigenvalue weighted by Gasteiger charge is 2.42. The lowest BCUT2D eigenvalue weighted by atomic mass is 9.78. The Hall–Kier alpha value is -1.06. The largest absolute Gasteiger partial charge is 0.355 e. The first-order valence-electron chi connectivity index (χ1n) is 6.83. The van der Waals surface area contributed by atoms with Gasteiger partial charge < -0.3 is 11.1 Å². The van der Waals surface area contributed by atoms with Gasteiger partial charge in [0.1, 0.15) is 0 Å². The Morgan fingerprint density at radius 1 is 1.21 bits per heavy atom. The lowest BCUT2D eigenvalue weighted by Gasteiger charge is -2.28. The molecule has 0 heterocycles. The molecule has 1 aliphatic carbocycles. The molecule has 4 heteroatoms. The van der Waals surface area contributed by atoms with E-state index in [1.54, 1.807) is 0 Å². The van der Waals surface area contributed by atoms with Gasteiger partial charge in [-0.25, -0.2) is 0 Å². The van der Waals surface area contributed by atoms with Crippen molar-refractivity contribution in [2.75, 3.05) is 13.1 Å². The Balaban J connectivity index is 0.00000180. The number of carbonyl (C=O) groups excluding carboxylic acids is 1. The van der Waals surface area contributed by atoms with Crippen LogP contribution in [0.5, 0.6) is 0 Å². The minimum Gasteiger partial charge on any atom is -0.355 e. The van der Waals surface area contributed by atoms with E-state index in [0.29, 0.717) is 13.1 Å². The first kappa shape index (κ1) is 16.0. The van der Waals surface area contributed by atoms with Crippen LogP contribution >= 0.6 is 12.4 Å². The zero-order chi connectivity index (χ0) is 12.8. The summed E-state index contributed by atoms with van der Waals surface area (Å²) in [4.78, 5) is 12.5. The van der Waals surface area contributed by atoms with E-state index in [0.717, 1.165) is 37.7 Å². The quantitative estimate of drug-likeness (QED) is 0.815. The van der Waals surface area contributed by atoms with Crippen molar-refractivity contribution in [1.82, 2.24) is 5.32 Å². The number of halogens is 1. The van der Waals surface area contributed by atoms with E-state index in [9.17, 15) is 4.79 Å². The maximum Gasteiger partial charge on any atom is 0.230 e. The van der Waals surface area contributed by atoms with Crippen molar-refractivity contribution in [1.29, 1.82) is 0 Å². The van der Waals surface area contributed by atoms with Gasteiger partial charge in [-0.1, -0.05) is 43.2 Å². The van der Waals surface area contributed by atoms with Crippen molar-refractivity contribution in [3.63, 3.8) is 0 Å². The monoisotopic (exact) mass is 282 g/mol. The van der Waals surface area contributed by atoms with E-state index >= 15 is 0 Å². The van der Waals surface area contributed by atoms with Crippen LogP contribution in [0.15, 0.2) is 30.3 Å². The van der Waals surface area contributed by atoms with Gasteiger partial charge in [-0.05, 0) is 31.4 Å². The number of benzene rings is 1. The summed E-state index contributed by atoms with van der Waals surface area (Å²) in [6, 6.07) is 10.2. The van der Waals surface area contributed by atoms with E-state index < -0.39 is 0 Å². The number of hydrogen-bond acceptors (Lipinski definition) is 2. The Kier molecular flexibility index (Phi) is 6.32. The van der Waals surface area contributed by atoms with Crippen LogP contribution in [0, 0.1) is 0 Å². The third-order valence-electron chi connectivity index (χ3n) is 3.88. The molecule has 1 aromatic carbocycles. The second-order valence-corrected chi connectivity index (χ2v) is 5.05. The second kappa shape index (κ2) is 7.51. The van der Waals surface area contributed by atoms with Crippen molar-refractivity contribution >= 4 is 18.3 Å². The maximum atomic E-state index is 12.5. The highest BCUT2D eigenvalue weighted by atomic mass is 35.5. The van der Waals surface area contributed by atoms with Gasteiger partial charge >= 0.3 is 0 Å². The molecule has 0 aromatic heterocycles. The topological polar surface area (TPSA) is 55.1 Å². The summed E-state index contributed by atoms with van der Waals surface area (Å²) in [5.41, 5.74) is 6.33. The molecule has 0 atom stereocenters. The fraction of sp³-hybridized carbons (Fsp3) is 0.533. The minimum absolute atomic E-state index is 0. The predicted molar refractivity (Wildman–Crippen MR) is 80.5 cm³/mol. The summed E-state index contributed by atoms with van der Waals surface area (Å²) in [6.07, 6.45) is 5.05. The van der Waals surface area contributed by atoms with Crippen LogP contribution in [0.3, 0.4) is 0 Å². The van der Waals surface area contributed by atoms with Crippen LogP contribution in [0.1, 0.15) is 37.7 Å². The first-order chi connectivity index (χ1) is 8.79. The molecule has 1 fully saturated rings. The predicted octanol–water partition coefficient (Wildman–Crippen LogP) is 2.39. The van der Waals surface area contributed by atoms with E-state index in [2.05, 4.69) is 17.4 Å². The fourth-order valence-corrected chi connectivity index (χ4v) is 2.86. The number of nitrogens with two attached hydrogens (primary N) is 1. The second-order valence-electron chi connectivity index (χ2n) is 5.05. The van der Waals surface area contributed by atoms with Gasteiger partial charge in [-0.2, -0.15) is 0 Å². The number of nitrogens with one attached hydrogen (secondary N) is 1. The van der Waals surface area contributed by atoms with Gasteiger partial charge in [0.15, 0.2) is 0 Å². The normalized spacial score (nSPS) is 16.7. The number of amides is 1. The molecule has 0 unspecified atom stereocenters. The number of hydrogen-bond donors (Lipinski definition) is 2. The Morgan fingerprint density at radius 2 is 1.84 bits per heavy atom. The average molecular weight is 283 g/mol. The molecule has 2 rings (SSSR count). The molecule has 1 saturated carbocycles. The minimum atomic E-state index is -0.296. The highest BCUT2D eigenvalue weighted by Crippen LogP contribution is 2.41. The van der Waals surface area contributed by atoms with Crippen LogP contribution in [0.2, 0.25) is 0 Å². The van der Waals surface area contributed by atoms with E-state index in [1.165, 1.54) is 0 Å². The van der Waals surface area contributed by atoms with E-state index in [-0.39, 0.29) is 23.7 Å². The zero-order valence-electron chi connectivity index (χ0n) is 11.2. The smallest absolute Gasteiger partial charge is 0.230 e. The van der Waals surface area contributed by atoms with Gasteiger partial charge in [-0.3, -0.25) is 4.79 Å². The fourth-order valence-electron chi connectivity index (χ4n) is 2.86. The number of rotatable bonds is 5. The molecular weight excluding hydrogens is 260 g/mol. The third-order valence-corrected chi connectivity index (χ3v) is 3.88. The van der Waals surface area contributed by atoms with E-state index in [1.807, 2.05) is 18.2 Å². The highest BCUT2D eigenvalue weighted by molar-refractivity contribution is 5.88. The Morgan fingerprint density at radius 3 is 2.42 bits per heavy atom. The van der Waals surface area contributed by atoms with E-state index in [4.69, 9.17) is 5.73 Å². The lowest BCUT2D eigenvalue weighted by molar-refractivity contribution is -0.126. The van der Waals surface area contributed by atoms with Crippen LogP contribution in [0.25, 0.3) is 0 Å². The Labute approximate surface area is 121 Å². The van der Waals surface area contributed by atoms with Gasteiger partial charge in [0, 0.05) is 6.54 Å². The molecule has 0 radical (unpaired) electrons. The average Bonchev–Trinajstić information content (AvgIpc) is 2.90. The SMILES string of the molecule is Cl.NCCCNC(=O)C1(c2ccccc2)CCCC1. The van der Waals surface area contributed by atoms with Gasteiger partial charge in [0.2, 0.25) is 5.91 Å². The third kappa shape index (κ3) is 3.48. The van der Waals surface area contributed by atoms with Crippen molar-refractivity contribution in [2.24, 2.45) is 5.73 Å². The number of carbonyl (C=O) groups is 1. The molecule has 106 valence electrons. The zero-order valence-corrected chi connectivity index (χ0v) is 12.0. The molecule has 0 saturated heterocycles. The van der Waals surface area contributed by atoms with Crippen molar-refractivity contribution < 1.29 is 4.79 Å². The standard InChI is InChI=1S/C15H22N2O.ClH/c16-11-6-12-17-14(18)15(9-4-5-10-15)13-7-2-1-3-8-13;/h1-3,7-8H,4-6,9-12,16H2,(H,17,18);1H. The molecule has 3 nitrogen and oxygen atoms in total. The van der Waals surface area contributed by atoms with Crippen LogP contribution in [-0.4, -0.2) is 19.0 Å². The molecule has 1 aromatic rings. The van der Waals surface area contributed by atoms with Gasteiger partial charge in [-0.15, -0.1) is 12.4 Å². The molecular formula is C15H23ClN2O. The Bertz CT molecular complexity index is 388. The summed E-state index contributed by atoms with van der Waals surface area (Å²) < 4.78 is 0. The van der Waals surface area contributed by atoms with Crippen molar-refractivity contribution in [3.05, 3.63) is 35.9 Å². The first-order valence-corrected chi connectivity index (χ1v) is 6.83. The molecule has 1 aliphatic rings. The summed E-state index contributed by atoms with van der Waals surface area (Å²) in [5.74, 6) is 0.180. The lowest BCUT2D eigenvalue weighted by Crippen LogP contribution is -2.43. The molecule has 0 bridgehead atoms. The van der Waals surface area contributed by atoms with Crippen molar-refractivity contribution in [3.8, 4) is 0 Å². The van der Waals surface area contributed by atoms with Gasteiger partial charge in [0.05, 0.1) is 5.41 Å². The maximum absolute atomic E-state index is 12.5. The summed E-state index contributed by atoms with van der Waals surface area (Å²) >= 11 is 0. The summed E-state index contributed by atoms with van der Waals surface area (Å²) in [6.45, 7) is 1.31. The van der Waals surface area contributed by atoms with Crippen LogP contribution in [-0.2, 0) is 10.2 Å². The summed E-state index contributed by atoms with van der Waals surface area (Å²) in [7, 11) is 0. The van der Waals surface area contributed by atoms with Crippen LogP contribution in [0.4, 0.5) is 0 Å². The molecule has 3 N–H and O–H groups in total. The van der Waals surface area contributed by atoms with Crippen LogP contribution < -0.4 is 11.1 Å². The molecule has 0 aliphatic heterocycles. The van der Waals surface area contributed by atoms with Gasteiger partial charge in [0.25, 0.3) is 0 Å². The molecule has 1 amide bonds.